The second-order valence-electron chi connectivity index (χ2n) is 4.12. The summed E-state index contributed by atoms with van der Waals surface area (Å²) in [6, 6.07) is -0.283. The lowest BCUT2D eigenvalue weighted by Crippen LogP contribution is -2.40. The minimum absolute atomic E-state index is 0.183. The molecule has 100 valence electrons. The quantitative estimate of drug-likeness (QED) is 0.846. The maximum Gasteiger partial charge on any atom is 0.317 e. The van der Waals surface area contributed by atoms with E-state index in [0.717, 1.165) is 9.88 Å². The number of carboxylic acid groups (broad SMARTS) is 1. The molecule has 0 aromatic carbocycles. The molecule has 0 bridgehead atoms. The summed E-state index contributed by atoms with van der Waals surface area (Å²) in [6.07, 6.45) is 1.72. The van der Waals surface area contributed by atoms with Crippen molar-refractivity contribution in [2.45, 2.75) is 20.4 Å². The Hall–Kier alpha value is -1.63. The molecule has 1 rings (SSSR count). The lowest BCUT2D eigenvalue weighted by Gasteiger charge is -2.19. The largest absolute Gasteiger partial charge is 0.481 e. The van der Waals surface area contributed by atoms with Crippen LogP contribution in [0.2, 0.25) is 0 Å². The van der Waals surface area contributed by atoms with E-state index in [1.54, 1.807) is 20.2 Å². The molecule has 1 aromatic heterocycles. The summed E-state index contributed by atoms with van der Waals surface area (Å²) in [5.74, 6) is -1.49. The molecule has 1 atom stereocenters. The molecular weight excluding hydrogens is 254 g/mol. The molecule has 7 heteroatoms. The van der Waals surface area contributed by atoms with Gasteiger partial charge in [-0.15, -0.1) is 11.3 Å². The van der Waals surface area contributed by atoms with Gasteiger partial charge in [-0.05, 0) is 6.92 Å². The van der Waals surface area contributed by atoms with Gasteiger partial charge >= 0.3 is 12.0 Å². The average Bonchev–Trinajstić information content (AvgIpc) is 2.71. The van der Waals surface area contributed by atoms with Crippen molar-refractivity contribution in [1.82, 2.24) is 15.2 Å². The highest BCUT2D eigenvalue weighted by Gasteiger charge is 2.17. The van der Waals surface area contributed by atoms with Crippen LogP contribution in [0.3, 0.4) is 0 Å². The van der Waals surface area contributed by atoms with E-state index >= 15 is 0 Å². The molecule has 0 fully saturated rings. The number of hydrogen-bond donors (Lipinski definition) is 2. The zero-order valence-corrected chi connectivity index (χ0v) is 11.5. The zero-order chi connectivity index (χ0) is 13.7. The summed E-state index contributed by atoms with van der Waals surface area (Å²) in [4.78, 5) is 28.8. The summed E-state index contributed by atoms with van der Waals surface area (Å²) in [7, 11) is 1.58. The van der Waals surface area contributed by atoms with Crippen molar-refractivity contribution in [3.05, 3.63) is 16.1 Å². The van der Waals surface area contributed by atoms with Crippen molar-refractivity contribution in [3.8, 4) is 0 Å². The van der Waals surface area contributed by atoms with E-state index in [1.165, 1.54) is 16.2 Å². The van der Waals surface area contributed by atoms with E-state index in [4.69, 9.17) is 5.11 Å². The van der Waals surface area contributed by atoms with Crippen LogP contribution in [0, 0.1) is 12.8 Å². The molecule has 6 nitrogen and oxygen atoms in total. The second kappa shape index (κ2) is 6.34. The standard InChI is InChI=1S/C11H17N3O3S/c1-7(10(15)16)6-14(3)11(17)13-5-9-4-12-8(2)18-9/h4,7H,5-6H2,1-3H3,(H,13,17)(H,15,16). The predicted molar refractivity (Wildman–Crippen MR) is 68.5 cm³/mol. The number of aliphatic carboxylic acids is 1. The summed E-state index contributed by atoms with van der Waals surface area (Å²) < 4.78 is 0. The number of thiazole rings is 1. The zero-order valence-electron chi connectivity index (χ0n) is 10.6. The van der Waals surface area contributed by atoms with Crippen LogP contribution in [0.4, 0.5) is 4.79 Å². The monoisotopic (exact) mass is 271 g/mol. The fourth-order valence-electron chi connectivity index (χ4n) is 1.36. The van der Waals surface area contributed by atoms with Crippen LogP contribution >= 0.6 is 11.3 Å². The number of aryl methyl sites for hydroxylation is 1. The summed E-state index contributed by atoms with van der Waals surface area (Å²) in [6.45, 7) is 4.06. The molecule has 2 N–H and O–H groups in total. The molecule has 2 amide bonds. The number of carbonyl (C=O) groups excluding carboxylic acids is 1. The molecule has 0 spiro atoms. The van der Waals surface area contributed by atoms with Gasteiger partial charge in [0.2, 0.25) is 0 Å². The Morgan fingerprint density at radius 1 is 1.61 bits per heavy atom. The Kier molecular flexibility index (Phi) is 5.08. The first kappa shape index (κ1) is 14.4. The second-order valence-corrected chi connectivity index (χ2v) is 5.44. The van der Waals surface area contributed by atoms with Crippen molar-refractivity contribution >= 4 is 23.3 Å². The highest BCUT2D eigenvalue weighted by atomic mass is 32.1. The molecule has 0 saturated heterocycles. The smallest absolute Gasteiger partial charge is 0.317 e. The van der Waals surface area contributed by atoms with Crippen LogP contribution in [-0.4, -0.2) is 40.6 Å². The van der Waals surface area contributed by atoms with E-state index in [9.17, 15) is 9.59 Å². The van der Waals surface area contributed by atoms with Gasteiger partial charge in [0.25, 0.3) is 0 Å². The average molecular weight is 271 g/mol. The van der Waals surface area contributed by atoms with Crippen LogP contribution in [0.25, 0.3) is 0 Å². The number of nitrogens with one attached hydrogen (secondary N) is 1. The van der Waals surface area contributed by atoms with Gasteiger partial charge in [-0.3, -0.25) is 4.79 Å². The van der Waals surface area contributed by atoms with E-state index in [1.807, 2.05) is 6.92 Å². The van der Waals surface area contributed by atoms with Gasteiger partial charge in [0.05, 0.1) is 17.5 Å². The Morgan fingerprint density at radius 2 is 2.28 bits per heavy atom. The number of carboxylic acids is 1. The number of nitrogens with zero attached hydrogens (tertiary/aromatic N) is 2. The first-order valence-electron chi connectivity index (χ1n) is 5.53. The van der Waals surface area contributed by atoms with Crippen molar-refractivity contribution in [2.75, 3.05) is 13.6 Å². The Balaban J connectivity index is 2.38. The molecule has 0 aliphatic rings. The summed E-state index contributed by atoms with van der Waals surface area (Å²) >= 11 is 1.52. The Morgan fingerprint density at radius 3 is 2.78 bits per heavy atom. The first-order valence-corrected chi connectivity index (χ1v) is 6.35. The van der Waals surface area contributed by atoms with Crippen LogP contribution in [0.1, 0.15) is 16.8 Å². The van der Waals surface area contributed by atoms with Gasteiger partial charge in [0.15, 0.2) is 0 Å². The number of hydrogen-bond acceptors (Lipinski definition) is 4. The number of urea groups is 1. The van der Waals surface area contributed by atoms with Gasteiger partial charge in [-0.2, -0.15) is 0 Å². The van der Waals surface area contributed by atoms with Gasteiger partial charge in [0, 0.05) is 24.7 Å². The normalized spacial score (nSPS) is 11.9. The van der Waals surface area contributed by atoms with Gasteiger partial charge in [0.1, 0.15) is 0 Å². The van der Waals surface area contributed by atoms with Gasteiger partial charge in [-0.1, -0.05) is 6.92 Å². The van der Waals surface area contributed by atoms with Crippen LogP contribution in [-0.2, 0) is 11.3 Å². The summed E-state index contributed by atoms with van der Waals surface area (Å²) in [5, 5.41) is 12.4. The number of amides is 2. The third kappa shape index (κ3) is 4.33. The van der Waals surface area contributed by atoms with Crippen molar-refractivity contribution in [2.24, 2.45) is 5.92 Å². The molecule has 18 heavy (non-hydrogen) atoms. The lowest BCUT2D eigenvalue weighted by molar-refractivity contribution is -0.141. The Bertz CT molecular complexity index is 433. The topological polar surface area (TPSA) is 82.5 Å². The number of rotatable bonds is 5. The third-order valence-electron chi connectivity index (χ3n) is 2.40. The predicted octanol–water partition coefficient (Wildman–Crippen LogP) is 1.31. The van der Waals surface area contributed by atoms with Crippen molar-refractivity contribution in [3.63, 3.8) is 0 Å². The Labute approximate surface area is 110 Å². The molecule has 1 aromatic rings. The van der Waals surface area contributed by atoms with Crippen LogP contribution < -0.4 is 5.32 Å². The van der Waals surface area contributed by atoms with E-state index in [-0.39, 0.29) is 12.6 Å². The summed E-state index contributed by atoms with van der Waals surface area (Å²) in [5.41, 5.74) is 0. The van der Waals surface area contributed by atoms with E-state index in [0.29, 0.717) is 6.54 Å². The number of carbonyl (C=O) groups is 2. The molecular formula is C11H17N3O3S. The maximum absolute atomic E-state index is 11.7. The molecule has 1 heterocycles. The van der Waals surface area contributed by atoms with Crippen LogP contribution in [0.15, 0.2) is 6.20 Å². The minimum Gasteiger partial charge on any atom is -0.481 e. The highest BCUT2D eigenvalue weighted by Crippen LogP contribution is 2.10. The van der Waals surface area contributed by atoms with Crippen molar-refractivity contribution < 1.29 is 14.7 Å². The first-order chi connectivity index (χ1) is 8.40. The molecule has 0 radical (unpaired) electrons. The van der Waals surface area contributed by atoms with Gasteiger partial charge in [-0.25, -0.2) is 9.78 Å². The fourth-order valence-corrected chi connectivity index (χ4v) is 2.09. The van der Waals surface area contributed by atoms with Crippen molar-refractivity contribution in [1.29, 1.82) is 0 Å². The molecule has 0 aliphatic carbocycles. The highest BCUT2D eigenvalue weighted by molar-refractivity contribution is 7.11. The number of aromatic nitrogens is 1. The molecule has 1 unspecified atom stereocenters. The molecule has 0 saturated carbocycles. The SMILES string of the molecule is Cc1ncc(CNC(=O)N(C)CC(C)C(=O)O)s1. The fraction of sp³-hybridized carbons (Fsp3) is 0.545. The third-order valence-corrected chi connectivity index (χ3v) is 3.31. The molecule has 0 aliphatic heterocycles. The van der Waals surface area contributed by atoms with Crippen LogP contribution in [0.5, 0.6) is 0 Å². The lowest BCUT2D eigenvalue weighted by atomic mass is 10.2. The van der Waals surface area contributed by atoms with Gasteiger partial charge < -0.3 is 15.3 Å². The minimum atomic E-state index is -0.910. The maximum atomic E-state index is 11.7. The van der Waals surface area contributed by atoms with E-state index < -0.39 is 11.9 Å². The van der Waals surface area contributed by atoms with E-state index in [2.05, 4.69) is 10.3 Å².